The number of aromatic nitrogens is 6. The molecule has 8 nitrogen and oxygen atoms in total. The van der Waals surface area contributed by atoms with E-state index in [1.807, 2.05) is 0 Å². The van der Waals surface area contributed by atoms with Crippen LogP contribution in [0.25, 0.3) is 22.7 Å². The van der Waals surface area contributed by atoms with Gasteiger partial charge in [0.25, 0.3) is 0 Å². The third-order valence-electron chi connectivity index (χ3n) is 3.87. The molecule has 3 aromatic heterocycles. The monoisotopic (exact) mass is 351 g/mol. The number of hydrogen-bond donors (Lipinski definition) is 1. The van der Waals surface area contributed by atoms with Crippen LogP contribution in [0.3, 0.4) is 0 Å². The minimum atomic E-state index is -0.436. The number of benzene rings is 1. The number of halogens is 1. The lowest BCUT2D eigenvalue weighted by molar-refractivity contribution is -0.120. The van der Waals surface area contributed by atoms with Crippen molar-refractivity contribution < 1.29 is 9.18 Å². The van der Waals surface area contributed by atoms with E-state index in [4.69, 9.17) is 0 Å². The standard InChI is InChI=1S/C17H14FN7O/c1-19-16(26)9-14-22-17(11-6-7-24-15(8-11)20-10-21-24)25(23-14)13-5-3-2-4-12(13)18/h2-8,10H,9H2,1H3,(H,19,26). The third kappa shape index (κ3) is 2.79. The number of likely N-dealkylation sites (N-methyl/N-ethyl adjacent to an activating group) is 1. The van der Waals surface area contributed by atoms with Gasteiger partial charge < -0.3 is 5.32 Å². The van der Waals surface area contributed by atoms with Crippen LogP contribution in [0.2, 0.25) is 0 Å². The quantitative estimate of drug-likeness (QED) is 0.600. The molecule has 4 aromatic rings. The highest BCUT2D eigenvalue weighted by Crippen LogP contribution is 2.23. The van der Waals surface area contributed by atoms with Gasteiger partial charge >= 0.3 is 0 Å². The number of hydrogen-bond acceptors (Lipinski definition) is 5. The van der Waals surface area contributed by atoms with Crippen LogP contribution in [-0.4, -0.2) is 42.3 Å². The van der Waals surface area contributed by atoms with Gasteiger partial charge in [0, 0.05) is 18.8 Å². The molecule has 0 unspecified atom stereocenters. The van der Waals surface area contributed by atoms with Gasteiger partial charge in [0.2, 0.25) is 5.91 Å². The summed E-state index contributed by atoms with van der Waals surface area (Å²) in [7, 11) is 1.54. The van der Waals surface area contributed by atoms with Crippen LogP contribution >= 0.6 is 0 Å². The van der Waals surface area contributed by atoms with Crippen molar-refractivity contribution in [2.75, 3.05) is 7.05 Å². The Morgan fingerprint density at radius 1 is 1.27 bits per heavy atom. The second-order valence-electron chi connectivity index (χ2n) is 5.54. The summed E-state index contributed by atoms with van der Waals surface area (Å²) in [5.41, 5.74) is 1.56. The minimum absolute atomic E-state index is 0.00186. The van der Waals surface area contributed by atoms with E-state index in [-0.39, 0.29) is 18.0 Å². The number of amides is 1. The number of para-hydroxylation sites is 1. The topological polar surface area (TPSA) is 90.0 Å². The number of carbonyl (C=O) groups is 1. The van der Waals surface area contributed by atoms with E-state index in [1.165, 1.54) is 24.1 Å². The number of fused-ring (bicyclic) bond motifs is 1. The van der Waals surface area contributed by atoms with Crippen molar-refractivity contribution >= 4 is 11.6 Å². The Kier molecular flexibility index (Phi) is 3.88. The summed E-state index contributed by atoms with van der Waals surface area (Å²) in [6.45, 7) is 0. The van der Waals surface area contributed by atoms with Gasteiger partial charge in [-0.05, 0) is 24.3 Å². The smallest absolute Gasteiger partial charge is 0.227 e. The number of carbonyl (C=O) groups excluding carboxylic acids is 1. The predicted octanol–water partition coefficient (Wildman–Crippen LogP) is 1.40. The van der Waals surface area contributed by atoms with Crippen molar-refractivity contribution in [1.82, 2.24) is 34.7 Å². The van der Waals surface area contributed by atoms with Gasteiger partial charge in [0.05, 0.1) is 6.42 Å². The first kappa shape index (κ1) is 15.9. The highest BCUT2D eigenvalue weighted by atomic mass is 19.1. The molecular formula is C17H14FN7O. The van der Waals surface area contributed by atoms with E-state index in [0.29, 0.717) is 22.9 Å². The Morgan fingerprint density at radius 2 is 2.12 bits per heavy atom. The van der Waals surface area contributed by atoms with Gasteiger partial charge in [-0.25, -0.2) is 23.6 Å². The molecule has 0 atom stereocenters. The lowest BCUT2D eigenvalue weighted by atomic mass is 10.2. The zero-order valence-corrected chi connectivity index (χ0v) is 13.8. The van der Waals surface area contributed by atoms with Crippen molar-refractivity contribution in [1.29, 1.82) is 0 Å². The number of nitrogens with one attached hydrogen (secondary N) is 1. The number of pyridine rings is 1. The Bertz CT molecular complexity index is 1100. The van der Waals surface area contributed by atoms with Crippen molar-refractivity contribution in [3.05, 3.63) is 60.6 Å². The van der Waals surface area contributed by atoms with Crippen molar-refractivity contribution in [2.45, 2.75) is 6.42 Å². The fraction of sp³-hybridized carbons (Fsp3) is 0.118. The predicted molar refractivity (Wildman–Crippen MR) is 91.1 cm³/mol. The van der Waals surface area contributed by atoms with E-state index in [9.17, 15) is 9.18 Å². The van der Waals surface area contributed by atoms with Crippen LogP contribution in [-0.2, 0) is 11.2 Å². The molecule has 0 saturated carbocycles. The molecule has 0 spiro atoms. The van der Waals surface area contributed by atoms with Gasteiger partial charge in [-0.2, -0.15) is 10.2 Å². The van der Waals surface area contributed by atoms with E-state index >= 15 is 0 Å². The highest BCUT2D eigenvalue weighted by molar-refractivity contribution is 5.77. The SMILES string of the molecule is CNC(=O)Cc1nc(-c2ccn3ncnc3c2)n(-c2ccccc2F)n1. The fourth-order valence-electron chi connectivity index (χ4n) is 2.59. The Hall–Kier alpha value is -3.62. The molecular weight excluding hydrogens is 337 g/mol. The summed E-state index contributed by atoms with van der Waals surface area (Å²) in [4.78, 5) is 20.3. The van der Waals surface area contributed by atoms with Crippen LogP contribution in [0.5, 0.6) is 0 Å². The zero-order chi connectivity index (χ0) is 18.1. The van der Waals surface area contributed by atoms with Crippen LogP contribution in [0, 0.1) is 5.82 Å². The Labute approximate surface area is 147 Å². The summed E-state index contributed by atoms with van der Waals surface area (Å²) in [5.74, 6) is 0.0484. The average molecular weight is 351 g/mol. The second-order valence-corrected chi connectivity index (χ2v) is 5.54. The molecule has 0 aliphatic carbocycles. The first-order valence-electron chi connectivity index (χ1n) is 7.87. The molecule has 3 heterocycles. The van der Waals surface area contributed by atoms with Crippen LogP contribution in [0.15, 0.2) is 48.9 Å². The van der Waals surface area contributed by atoms with Crippen LogP contribution < -0.4 is 5.32 Å². The van der Waals surface area contributed by atoms with E-state index in [0.717, 1.165) is 0 Å². The molecule has 0 fully saturated rings. The molecule has 0 bridgehead atoms. The summed E-state index contributed by atoms with van der Waals surface area (Å²) in [6, 6.07) is 9.83. The molecule has 26 heavy (non-hydrogen) atoms. The van der Waals surface area contributed by atoms with Crippen LogP contribution in [0.1, 0.15) is 5.82 Å². The first-order chi connectivity index (χ1) is 12.7. The summed E-state index contributed by atoms with van der Waals surface area (Å²) < 4.78 is 17.3. The minimum Gasteiger partial charge on any atom is -0.359 e. The van der Waals surface area contributed by atoms with Gasteiger partial charge in [0.1, 0.15) is 17.8 Å². The van der Waals surface area contributed by atoms with Crippen LogP contribution in [0.4, 0.5) is 4.39 Å². The van der Waals surface area contributed by atoms with Crippen molar-refractivity contribution in [2.24, 2.45) is 0 Å². The van der Waals surface area contributed by atoms with Crippen molar-refractivity contribution in [3.63, 3.8) is 0 Å². The average Bonchev–Trinajstić information content (AvgIpc) is 3.28. The molecule has 4 rings (SSSR count). The normalized spacial score (nSPS) is 11.0. The molecule has 1 N–H and O–H groups in total. The Morgan fingerprint density at radius 3 is 2.92 bits per heavy atom. The highest BCUT2D eigenvalue weighted by Gasteiger charge is 2.18. The lowest BCUT2D eigenvalue weighted by Crippen LogP contribution is -2.20. The lowest BCUT2D eigenvalue weighted by Gasteiger charge is -2.07. The zero-order valence-electron chi connectivity index (χ0n) is 13.8. The maximum atomic E-state index is 14.3. The third-order valence-corrected chi connectivity index (χ3v) is 3.87. The number of rotatable bonds is 4. The largest absolute Gasteiger partial charge is 0.359 e. The molecule has 1 aromatic carbocycles. The molecule has 1 amide bonds. The maximum Gasteiger partial charge on any atom is 0.227 e. The van der Waals surface area contributed by atoms with E-state index in [2.05, 4.69) is 25.5 Å². The summed E-state index contributed by atoms with van der Waals surface area (Å²) in [6.07, 6.45) is 3.17. The van der Waals surface area contributed by atoms with Gasteiger partial charge in [0.15, 0.2) is 17.3 Å². The molecule has 0 aliphatic rings. The van der Waals surface area contributed by atoms with E-state index < -0.39 is 5.82 Å². The summed E-state index contributed by atoms with van der Waals surface area (Å²) >= 11 is 0. The molecule has 0 aliphatic heterocycles. The Balaban J connectivity index is 1.88. The van der Waals surface area contributed by atoms with Gasteiger partial charge in [-0.3, -0.25) is 4.79 Å². The molecule has 130 valence electrons. The molecule has 0 saturated heterocycles. The van der Waals surface area contributed by atoms with Crippen molar-refractivity contribution in [3.8, 4) is 17.1 Å². The van der Waals surface area contributed by atoms with E-state index in [1.54, 1.807) is 41.0 Å². The van der Waals surface area contributed by atoms with Gasteiger partial charge in [-0.15, -0.1) is 0 Å². The maximum absolute atomic E-state index is 14.3. The summed E-state index contributed by atoms with van der Waals surface area (Å²) in [5, 5.41) is 10.9. The first-order valence-corrected chi connectivity index (χ1v) is 7.87. The number of nitrogens with zero attached hydrogens (tertiary/aromatic N) is 6. The second kappa shape index (κ2) is 6.36. The van der Waals surface area contributed by atoms with Gasteiger partial charge in [-0.1, -0.05) is 12.1 Å². The fourth-order valence-corrected chi connectivity index (χ4v) is 2.59. The molecule has 0 radical (unpaired) electrons. The molecule has 9 heteroatoms.